The molecule has 1 aromatic carbocycles. The summed E-state index contributed by atoms with van der Waals surface area (Å²) in [6.07, 6.45) is 1.37. The molecular weight excluding hydrogens is 314 g/mol. The van der Waals surface area contributed by atoms with E-state index in [0.29, 0.717) is 27.6 Å². The molecule has 1 atom stereocenters. The van der Waals surface area contributed by atoms with Crippen LogP contribution in [0, 0.1) is 5.92 Å². The number of rotatable bonds is 6. The van der Waals surface area contributed by atoms with E-state index in [0.717, 1.165) is 12.8 Å². The predicted octanol–water partition coefficient (Wildman–Crippen LogP) is 3.46. The third-order valence-corrected chi connectivity index (χ3v) is 4.80. The fraction of sp³-hybridized carbons (Fsp3) is 0.353. The summed E-state index contributed by atoms with van der Waals surface area (Å²) in [6.45, 7) is 0. The second kappa shape index (κ2) is 6.60. The fourth-order valence-corrected chi connectivity index (χ4v) is 3.12. The molecule has 3 rings (SSSR count). The van der Waals surface area contributed by atoms with Crippen LogP contribution in [0.3, 0.4) is 0 Å². The van der Waals surface area contributed by atoms with E-state index in [1.165, 1.54) is 11.3 Å². The summed E-state index contributed by atoms with van der Waals surface area (Å²) >= 11 is 1.37. The third kappa shape index (κ3) is 3.33. The predicted molar refractivity (Wildman–Crippen MR) is 89.5 cm³/mol. The number of hydrogen-bond acceptors (Lipinski definition) is 5. The number of ether oxygens (including phenoxy) is 2. The van der Waals surface area contributed by atoms with E-state index in [-0.39, 0.29) is 11.8 Å². The molecule has 1 amide bonds. The minimum atomic E-state index is -0.617. The van der Waals surface area contributed by atoms with E-state index in [1.54, 1.807) is 32.4 Å². The molecule has 0 aliphatic heterocycles. The van der Waals surface area contributed by atoms with Gasteiger partial charge in [-0.1, -0.05) is 6.07 Å². The number of anilines is 1. The normalized spacial score (nSPS) is 15.1. The van der Waals surface area contributed by atoms with Gasteiger partial charge in [-0.3, -0.25) is 4.79 Å². The van der Waals surface area contributed by atoms with Crippen LogP contribution >= 0.6 is 11.3 Å². The lowest BCUT2D eigenvalue weighted by molar-refractivity contribution is 0.102. The Kier molecular flexibility index (Phi) is 4.54. The van der Waals surface area contributed by atoms with Crippen molar-refractivity contribution in [3.05, 3.63) is 40.1 Å². The molecule has 1 aliphatic rings. The molecular formula is C17H19NO4S. The van der Waals surface area contributed by atoms with Gasteiger partial charge in [-0.25, -0.2) is 0 Å². The van der Waals surface area contributed by atoms with Crippen LogP contribution in [0.1, 0.15) is 34.2 Å². The van der Waals surface area contributed by atoms with Crippen molar-refractivity contribution in [3.63, 3.8) is 0 Å². The van der Waals surface area contributed by atoms with Crippen molar-refractivity contribution in [1.29, 1.82) is 0 Å². The number of amides is 1. The molecule has 1 aromatic heterocycles. The van der Waals surface area contributed by atoms with Crippen LogP contribution in [0.15, 0.2) is 29.6 Å². The van der Waals surface area contributed by atoms with Gasteiger partial charge in [-0.15, -0.1) is 11.3 Å². The SMILES string of the molecule is COc1cc(NC(=O)c2cccs2)c([C@H](O)C2CC2)cc1OC. The summed E-state index contributed by atoms with van der Waals surface area (Å²) < 4.78 is 10.6. The average molecular weight is 333 g/mol. The van der Waals surface area contributed by atoms with Crippen LogP contribution in [0.5, 0.6) is 11.5 Å². The van der Waals surface area contributed by atoms with Crippen molar-refractivity contribution in [2.45, 2.75) is 18.9 Å². The molecule has 0 spiro atoms. The molecule has 0 unspecified atom stereocenters. The van der Waals surface area contributed by atoms with Gasteiger partial charge in [0.1, 0.15) is 0 Å². The Morgan fingerprint density at radius 1 is 1.30 bits per heavy atom. The first-order valence-corrected chi connectivity index (χ1v) is 8.31. The van der Waals surface area contributed by atoms with Gasteiger partial charge in [-0.05, 0) is 36.3 Å². The molecule has 1 aliphatic carbocycles. The molecule has 1 saturated carbocycles. The van der Waals surface area contributed by atoms with E-state index < -0.39 is 6.10 Å². The zero-order valence-corrected chi connectivity index (χ0v) is 13.9. The maximum Gasteiger partial charge on any atom is 0.265 e. The van der Waals surface area contributed by atoms with Gasteiger partial charge in [0.25, 0.3) is 5.91 Å². The molecule has 122 valence electrons. The van der Waals surface area contributed by atoms with E-state index in [2.05, 4.69) is 5.32 Å². The molecule has 1 heterocycles. The Labute approximate surface area is 138 Å². The quantitative estimate of drug-likeness (QED) is 0.849. The summed E-state index contributed by atoms with van der Waals surface area (Å²) in [5.41, 5.74) is 1.22. The maximum absolute atomic E-state index is 12.3. The van der Waals surface area contributed by atoms with Crippen molar-refractivity contribution in [3.8, 4) is 11.5 Å². The smallest absolute Gasteiger partial charge is 0.265 e. The number of carbonyl (C=O) groups excluding carboxylic acids is 1. The highest BCUT2D eigenvalue weighted by Crippen LogP contribution is 2.45. The Bertz CT molecular complexity index is 695. The fourth-order valence-electron chi connectivity index (χ4n) is 2.51. The van der Waals surface area contributed by atoms with Crippen LogP contribution < -0.4 is 14.8 Å². The van der Waals surface area contributed by atoms with E-state index >= 15 is 0 Å². The maximum atomic E-state index is 12.3. The van der Waals surface area contributed by atoms with Crippen LogP contribution in [-0.2, 0) is 0 Å². The highest BCUT2D eigenvalue weighted by Gasteiger charge is 2.33. The van der Waals surface area contributed by atoms with Crippen molar-refractivity contribution < 1.29 is 19.4 Å². The topological polar surface area (TPSA) is 67.8 Å². The van der Waals surface area contributed by atoms with Gasteiger partial charge < -0.3 is 19.9 Å². The van der Waals surface area contributed by atoms with Crippen molar-refractivity contribution >= 4 is 22.9 Å². The van der Waals surface area contributed by atoms with E-state index in [4.69, 9.17) is 9.47 Å². The minimum Gasteiger partial charge on any atom is -0.493 e. The second-order valence-electron chi connectivity index (χ2n) is 5.51. The van der Waals surface area contributed by atoms with Gasteiger partial charge in [0.2, 0.25) is 0 Å². The van der Waals surface area contributed by atoms with Gasteiger partial charge in [0.15, 0.2) is 11.5 Å². The number of hydrogen-bond donors (Lipinski definition) is 2. The molecule has 0 saturated heterocycles. The molecule has 5 nitrogen and oxygen atoms in total. The Hall–Kier alpha value is -2.05. The summed E-state index contributed by atoms with van der Waals surface area (Å²) in [5, 5.41) is 15.3. The minimum absolute atomic E-state index is 0.198. The summed E-state index contributed by atoms with van der Waals surface area (Å²) in [4.78, 5) is 13.0. The number of aliphatic hydroxyl groups excluding tert-OH is 1. The molecule has 2 N–H and O–H groups in total. The number of thiophene rings is 1. The van der Waals surface area contributed by atoms with Crippen molar-refractivity contribution in [1.82, 2.24) is 0 Å². The van der Waals surface area contributed by atoms with Crippen molar-refractivity contribution in [2.75, 3.05) is 19.5 Å². The van der Waals surface area contributed by atoms with Crippen molar-refractivity contribution in [2.24, 2.45) is 5.92 Å². The Morgan fingerprint density at radius 3 is 2.57 bits per heavy atom. The first-order chi connectivity index (χ1) is 11.1. The average Bonchev–Trinajstić information content (AvgIpc) is 3.27. The lowest BCUT2D eigenvalue weighted by atomic mass is 10.0. The largest absolute Gasteiger partial charge is 0.493 e. The van der Waals surface area contributed by atoms with Crippen LogP contribution in [0.2, 0.25) is 0 Å². The number of methoxy groups -OCH3 is 2. The van der Waals surface area contributed by atoms with Gasteiger partial charge in [-0.2, -0.15) is 0 Å². The Balaban J connectivity index is 1.96. The van der Waals surface area contributed by atoms with Gasteiger partial charge in [0.05, 0.1) is 30.9 Å². The highest BCUT2D eigenvalue weighted by molar-refractivity contribution is 7.12. The number of aliphatic hydroxyl groups is 1. The van der Waals surface area contributed by atoms with Crippen LogP contribution in [0.25, 0.3) is 0 Å². The van der Waals surface area contributed by atoms with E-state index in [1.807, 2.05) is 11.4 Å². The Morgan fingerprint density at radius 2 is 2.00 bits per heavy atom. The van der Waals surface area contributed by atoms with E-state index in [9.17, 15) is 9.90 Å². The summed E-state index contributed by atoms with van der Waals surface area (Å²) in [6, 6.07) is 7.03. The molecule has 1 fully saturated rings. The summed E-state index contributed by atoms with van der Waals surface area (Å²) in [5.74, 6) is 1.10. The van der Waals surface area contributed by atoms with Crippen LogP contribution in [-0.4, -0.2) is 25.2 Å². The first kappa shape index (κ1) is 15.8. The van der Waals surface area contributed by atoms with Crippen LogP contribution in [0.4, 0.5) is 5.69 Å². The van der Waals surface area contributed by atoms with Gasteiger partial charge in [0, 0.05) is 11.6 Å². The third-order valence-electron chi connectivity index (χ3n) is 3.94. The second-order valence-corrected chi connectivity index (χ2v) is 6.46. The number of carbonyl (C=O) groups is 1. The molecule has 0 bridgehead atoms. The molecule has 0 radical (unpaired) electrons. The molecule has 23 heavy (non-hydrogen) atoms. The summed E-state index contributed by atoms with van der Waals surface area (Å²) in [7, 11) is 3.09. The lowest BCUT2D eigenvalue weighted by Gasteiger charge is -2.19. The zero-order chi connectivity index (χ0) is 16.4. The first-order valence-electron chi connectivity index (χ1n) is 7.43. The highest BCUT2D eigenvalue weighted by atomic mass is 32.1. The zero-order valence-electron chi connectivity index (χ0n) is 13.0. The molecule has 2 aromatic rings. The van der Waals surface area contributed by atoms with Gasteiger partial charge >= 0.3 is 0 Å². The monoisotopic (exact) mass is 333 g/mol. The lowest BCUT2D eigenvalue weighted by Crippen LogP contribution is -2.14. The number of benzene rings is 1. The molecule has 6 heteroatoms. The number of nitrogens with one attached hydrogen (secondary N) is 1. The standard InChI is InChI=1S/C17H19NO4S/c1-21-13-8-11(16(19)10-5-6-10)12(9-14(13)22-2)18-17(20)15-4-3-7-23-15/h3-4,7-10,16,19H,5-6H2,1-2H3,(H,18,20)/t16-/m1/s1.